The summed E-state index contributed by atoms with van der Waals surface area (Å²) in [5.41, 5.74) is -1.08. The number of H-pyrrole nitrogens is 2. The highest BCUT2D eigenvalue weighted by atomic mass is 79.9. The molecule has 14 heteroatoms. The van der Waals surface area contributed by atoms with Crippen LogP contribution in [0.3, 0.4) is 0 Å². The Labute approximate surface area is 204 Å². The predicted molar refractivity (Wildman–Crippen MR) is 123 cm³/mol. The Hall–Kier alpha value is -2.87. The Balaban J connectivity index is 1.88. The Bertz CT molecular complexity index is 1410. The van der Waals surface area contributed by atoms with Crippen molar-refractivity contribution in [3.05, 3.63) is 95.7 Å². The van der Waals surface area contributed by atoms with Gasteiger partial charge in [0.25, 0.3) is 5.56 Å². The highest BCUT2D eigenvalue weighted by molar-refractivity contribution is 9.10. The number of aromatic amines is 2. The van der Waals surface area contributed by atoms with Gasteiger partial charge in [0.15, 0.2) is 0 Å². The molecule has 1 unspecified atom stereocenters. The Morgan fingerprint density at radius 2 is 1.82 bits per heavy atom. The SMILES string of the molecule is O=C(CC(NS(=O)(=O)c1c(F)cc(F)cc1Br)c1ccccc1Cl)NCc1cc(=O)[nH]c(=O)[nH]1. The molecular formula is C20H16BrClF2N4O5S. The minimum absolute atomic E-state index is 0.120. The summed E-state index contributed by atoms with van der Waals surface area (Å²) in [5, 5.41) is 2.60. The maximum Gasteiger partial charge on any atom is 0.325 e. The maximum absolute atomic E-state index is 14.3. The van der Waals surface area contributed by atoms with Gasteiger partial charge >= 0.3 is 5.69 Å². The fourth-order valence-corrected chi connectivity index (χ4v) is 5.72. The zero-order chi connectivity index (χ0) is 25.0. The van der Waals surface area contributed by atoms with Crippen LogP contribution in [0.2, 0.25) is 5.02 Å². The van der Waals surface area contributed by atoms with Crippen molar-refractivity contribution < 1.29 is 22.0 Å². The average Bonchev–Trinajstić information content (AvgIpc) is 2.70. The smallest absolute Gasteiger partial charge is 0.325 e. The van der Waals surface area contributed by atoms with Gasteiger partial charge in [-0.2, -0.15) is 0 Å². The van der Waals surface area contributed by atoms with Crippen molar-refractivity contribution in [1.82, 2.24) is 20.0 Å². The van der Waals surface area contributed by atoms with Gasteiger partial charge in [-0.15, -0.1) is 0 Å². The molecule has 0 aliphatic rings. The van der Waals surface area contributed by atoms with Crippen LogP contribution in [0.1, 0.15) is 23.7 Å². The quantitative estimate of drug-likeness (QED) is 0.326. The van der Waals surface area contributed by atoms with E-state index in [4.69, 9.17) is 11.6 Å². The molecule has 0 aliphatic carbocycles. The van der Waals surface area contributed by atoms with Gasteiger partial charge < -0.3 is 10.3 Å². The number of benzene rings is 2. The lowest BCUT2D eigenvalue weighted by Gasteiger charge is -2.21. The van der Waals surface area contributed by atoms with Crippen LogP contribution >= 0.6 is 27.5 Å². The summed E-state index contributed by atoms with van der Waals surface area (Å²) in [7, 11) is -4.60. The van der Waals surface area contributed by atoms with E-state index in [0.29, 0.717) is 6.07 Å². The first-order valence-electron chi connectivity index (χ1n) is 9.47. The highest BCUT2D eigenvalue weighted by Gasteiger charge is 2.29. The van der Waals surface area contributed by atoms with Gasteiger partial charge in [0.1, 0.15) is 16.5 Å². The molecule has 1 heterocycles. The summed E-state index contributed by atoms with van der Waals surface area (Å²) < 4.78 is 55.6. The number of sulfonamides is 1. The molecule has 1 atom stereocenters. The van der Waals surface area contributed by atoms with Crippen LogP contribution in [0.25, 0.3) is 0 Å². The Morgan fingerprint density at radius 1 is 1.12 bits per heavy atom. The zero-order valence-electron chi connectivity index (χ0n) is 17.0. The third-order valence-corrected chi connectivity index (χ3v) is 7.27. The Kier molecular flexibility index (Phi) is 8.02. The van der Waals surface area contributed by atoms with Crippen LogP contribution < -0.4 is 21.3 Å². The molecule has 3 rings (SSSR count). The van der Waals surface area contributed by atoms with Crippen LogP contribution in [-0.4, -0.2) is 24.3 Å². The molecule has 0 saturated carbocycles. The van der Waals surface area contributed by atoms with Crippen molar-refractivity contribution in [2.24, 2.45) is 0 Å². The lowest BCUT2D eigenvalue weighted by molar-refractivity contribution is -0.121. The normalized spacial score (nSPS) is 12.4. The fraction of sp³-hybridized carbons (Fsp3) is 0.150. The van der Waals surface area contributed by atoms with Gasteiger partial charge in [-0.1, -0.05) is 29.8 Å². The number of rotatable bonds is 8. The number of carbonyl (C=O) groups excluding carboxylic acids is 1. The van der Waals surface area contributed by atoms with E-state index in [9.17, 15) is 31.6 Å². The van der Waals surface area contributed by atoms with Gasteiger partial charge in [-0.3, -0.25) is 14.6 Å². The summed E-state index contributed by atoms with van der Waals surface area (Å²) in [4.78, 5) is 38.8. The van der Waals surface area contributed by atoms with E-state index < -0.39 is 56.2 Å². The number of halogens is 4. The number of aromatic nitrogens is 2. The van der Waals surface area contributed by atoms with E-state index in [1.165, 1.54) is 12.1 Å². The molecule has 180 valence electrons. The second-order valence-electron chi connectivity index (χ2n) is 6.99. The van der Waals surface area contributed by atoms with Crippen molar-refractivity contribution in [2.75, 3.05) is 0 Å². The standard InChI is InChI=1S/C20H16BrClF2N4O5S/c21-13-5-10(23)6-15(24)19(13)34(32,33)28-16(12-3-1-2-4-14(12)22)8-17(29)25-9-11-7-18(30)27-20(31)26-11/h1-7,16,28H,8-9H2,(H,25,29)(H2,26,27,30,31). The predicted octanol–water partition coefficient (Wildman–Crippen LogP) is 2.48. The summed E-state index contributed by atoms with van der Waals surface area (Å²) in [6.07, 6.45) is -0.475. The molecule has 0 spiro atoms. The van der Waals surface area contributed by atoms with Crippen LogP contribution in [0.15, 0.2) is 61.4 Å². The lowest BCUT2D eigenvalue weighted by atomic mass is 10.0. The van der Waals surface area contributed by atoms with Gasteiger partial charge in [-0.05, 0) is 33.6 Å². The summed E-state index contributed by atoms with van der Waals surface area (Å²) >= 11 is 9.04. The molecule has 0 bridgehead atoms. The van der Waals surface area contributed by atoms with E-state index in [2.05, 4.69) is 31.0 Å². The van der Waals surface area contributed by atoms with Gasteiger partial charge in [0.2, 0.25) is 15.9 Å². The fourth-order valence-electron chi connectivity index (χ4n) is 3.07. The largest absolute Gasteiger partial charge is 0.350 e. The average molecular weight is 578 g/mol. The molecule has 1 amide bonds. The summed E-state index contributed by atoms with van der Waals surface area (Å²) in [5.74, 6) is -2.99. The maximum atomic E-state index is 14.3. The first kappa shape index (κ1) is 25.7. The summed E-state index contributed by atoms with van der Waals surface area (Å²) in [6.45, 7) is -0.224. The van der Waals surface area contributed by atoms with E-state index in [1.807, 2.05) is 4.98 Å². The third kappa shape index (κ3) is 6.38. The molecular weight excluding hydrogens is 562 g/mol. The molecule has 1 aromatic heterocycles. The molecule has 3 aromatic rings. The molecule has 9 nitrogen and oxygen atoms in total. The molecule has 0 saturated heterocycles. The lowest BCUT2D eigenvalue weighted by Crippen LogP contribution is -2.35. The van der Waals surface area contributed by atoms with Crippen molar-refractivity contribution in [1.29, 1.82) is 0 Å². The van der Waals surface area contributed by atoms with E-state index in [0.717, 1.165) is 12.1 Å². The van der Waals surface area contributed by atoms with E-state index >= 15 is 0 Å². The minimum atomic E-state index is -4.60. The van der Waals surface area contributed by atoms with Crippen LogP contribution in [0.5, 0.6) is 0 Å². The van der Waals surface area contributed by atoms with Crippen molar-refractivity contribution in [2.45, 2.75) is 23.9 Å². The minimum Gasteiger partial charge on any atom is -0.350 e. The van der Waals surface area contributed by atoms with Crippen molar-refractivity contribution >= 4 is 43.5 Å². The van der Waals surface area contributed by atoms with Crippen molar-refractivity contribution in [3.8, 4) is 0 Å². The van der Waals surface area contributed by atoms with E-state index in [1.54, 1.807) is 12.1 Å². The topological polar surface area (TPSA) is 141 Å². The number of hydrogen-bond donors (Lipinski definition) is 4. The molecule has 4 N–H and O–H groups in total. The van der Waals surface area contributed by atoms with Gasteiger partial charge in [0, 0.05) is 33.7 Å². The number of nitrogens with one attached hydrogen (secondary N) is 4. The van der Waals surface area contributed by atoms with Crippen molar-refractivity contribution in [3.63, 3.8) is 0 Å². The number of hydrogen-bond acceptors (Lipinski definition) is 5. The molecule has 0 aliphatic heterocycles. The van der Waals surface area contributed by atoms with E-state index in [-0.39, 0.29) is 27.3 Å². The molecule has 0 radical (unpaired) electrons. The second kappa shape index (κ2) is 10.6. The Morgan fingerprint density at radius 3 is 2.47 bits per heavy atom. The van der Waals surface area contributed by atoms with Gasteiger partial charge in [0.05, 0.1) is 12.6 Å². The monoisotopic (exact) mass is 576 g/mol. The first-order chi connectivity index (χ1) is 16.0. The van der Waals surface area contributed by atoms with Crippen LogP contribution in [0, 0.1) is 11.6 Å². The summed E-state index contributed by atoms with van der Waals surface area (Å²) in [6, 6.07) is 7.15. The van der Waals surface area contributed by atoms with Gasteiger partial charge in [-0.25, -0.2) is 26.7 Å². The third-order valence-electron chi connectivity index (χ3n) is 4.49. The van der Waals surface area contributed by atoms with Crippen LogP contribution in [-0.2, 0) is 21.4 Å². The number of carbonyl (C=O) groups is 1. The zero-order valence-corrected chi connectivity index (χ0v) is 20.2. The molecule has 34 heavy (non-hydrogen) atoms. The number of amides is 1. The molecule has 0 fully saturated rings. The highest BCUT2D eigenvalue weighted by Crippen LogP contribution is 2.30. The molecule has 2 aromatic carbocycles. The second-order valence-corrected chi connectivity index (χ2v) is 9.90. The first-order valence-corrected chi connectivity index (χ1v) is 12.1. The van der Waals surface area contributed by atoms with Crippen LogP contribution in [0.4, 0.5) is 8.78 Å².